The van der Waals surface area contributed by atoms with Gasteiger partial charge in [-0.1, -0.05) is 39.2 Å². The van der Waals surface area contributed by atoms with Gasteiger partial charge in [0, 0.05) is 6.20 Å². The van der Waals surface area contributed by atoms with E-state index < -0.39 is 0 Å². The quantitative estimate of drug-likeness (QED) is 0.548. The highest BCUT2D eigenvalue weighted by atomic mass is 16.1. The standard InChI is InChI=1S/C19H29N5O/c1-15(2)8-4-3-6-10-20-14-18-22-13-17(24-18)19(25)23-12-16-9-5-7-11-21-16/h5,7,9,11,13,15,20H,3-4,6,8,10,12,14H2,1-2H3,(H,22,24)(H,23,25). The summed E-state index contributed by atoms with van der Waals surface area (Å²) in [6.45, 7) is 6.55. The predicted octanol–water partition coefficient (Wildman–Crippen LogP) is 3.04. The molecule has 136 valence electrons. The summed E-state index contributed by atoms with van der Waals surface area (Å²) in [7, 11) is 0. The minimum absolute atomic E-state index is 0.168. The molecule has 3 N–H and O–H groups in total. The van der Waals surface area contributed by atoms with Crippen molar-refractivity contribution in [2.24, 2.45) is 5.92 Å². The van der Waals surface area contributed by atoms with Crippen LogP contribution in [0.1, 0.15) is 61.5 Å². The van der Waals surface area contributed by atoms with E-state index in [4.69, 9.17) is 0 Å². The summed E-state index contributed by atoms with van der Waals surface area (Å²) in [6, 6.07) is 5.63. The lowest BCUT2D eigenvalue weighted by Gasteiger charge is -2.05. The van der Waals surface area contributed by atoms with E-state index in [9.17, 15) is 4.79 Å². The highest BCUT2D eigenvalue weighted by molar-refractivity contribution is 5.92. The molecule has 0 bridgehead atoms. The first-order chi connectivity index (χ1) is 12.1. The smallest absolute Gasteiger partial charge is 0.269 e. The minimum Gasteiger partial charge on any atom is -0.345 e. The van der Waals surface area contributed by atoms with Crippen molar-refractivity contribution in [1.29, 1.82) is 0 Å². The van der Waals surface area contributed by atoms with Crippen LogP contribution in [0.3, 0.4) is 0 Å². The van der Waals surface area contributed by atoms with Gasteiger partial charge in [-0.15, -0.1) is 0 Å². The van der Waals surface area contributed by atoms with Gasteiger partial charge in [0.05, 0.1) is 25.0 Å². The van der Waals surface area contributed by atoms with Gasteiger partial charge in [0.15, 0.2) is 0 Å². The molecule has 0 aliphatic rings. The number of nitrogens with zero attached hydrogens (tertiary/aromatic N) is 2. The van der Waals surface area contributed by atoms with Crippen LogP contribution in [0.15, 0.2) is 30.6 Å². The summed E-state index contributed by atoms with van der Waals surface area (Å²) in [6.07, 6.45) is 8.31. The number of rotatable bonds is 11. The van der Waals surface area contributed by atoms with Gasteiger partial charge in [0.1, 0.15) is 11.5 Å². The van der Waals surface area contributed by atoms with Crippen LogP contribution in [-0.4, -0.2) is 27.4 Å². The van der Waals surface area contributed by atoms with Crippen LogP contribution >= 0.6 is 0 Å². The van der Waals surface area contributed by atoms with Crippen molar-refractivity contribution < 1.29 is 4.79 Å². The zero-order valence-electron chi connectivity index (χ0n) is 15.2. The molecule has 0 saturated carbocycles. The first-order valence-electron chi connectivity index (χ1n) is 9.08. The van der Waals surface area contributed by atoms with Crippen molar-refractivity contribution in [3.63, 3.8) is 0 Å². The summed E-state index contributed by atoms with van der Waals surface area (Å²) in [4.78, 5) is 23.6. The molecule has 6 heteroatoms. The van der Waals surface area contributed by atoms with E-state index in [1.54, 1.807) is 12.4 Å². The summed E-state index contributed by atoms with van der Waals surface area (Å²) in [5, 5.41) is 6.20. The monoisotopic (exact) mass is 343 g/mol. The topological polar surface area (TPSA) is 82.7 Å². The average Bonchev–Trinajstić information content (AvgIpc) is 3.08. The summed E-state index contributed by atoms with van der Waals surface area (Å²) in [5.41, 5.74) is 1.30. The van der Waals surface area contributed by atoms with Crippen molar-refractivity contribution in [3.05, 3.63) is 47.8 Å². The molecule has 0 spiro atoms. The van der Waals surface area contributed by atoms with Crippen LogP contribution in [0.4, 0.5) is 0 Å². The molecule has 0 unspecified atom stereocenters. The molecule has 0 radical (unpaired) electrons. The molecular weight excluding hydrogens is 314 g/mol. The summed E-state index contributed by atoms with van der Waals surface area (Å²) in [5.74, 6) is 1.40. The van der Waals surface area contributed by atoms with E-state index in [-0.39, 0.29) is 5.91 Å². The third kappa shape index (κ3) is 7.47. The number of hydrogen-bond acceptors (Lipinski definition) is 4. The van der Waals surface area contributed by atoms with Gasteiger partial charge in [-0.3, -0.25) is 9.78 Å². The van der Waals surface area contributed by atoms with E-state index in [0.717, 1.165) is 24.0 Å². The molecule has 25 heavy (non-hydrogen) atoms. The Bertz CT molecular complexity index is 624. The Morgan fingerprint density at radius 1 is 1.16 bits per heavy atom. The van der Waals surface area contributed by atoms with Crippen LogP contribution in [-0.2, 0) is 13.1 Å². The molecule has 0 aliphatic heterocycles. The lowest BCUT2D eigenvalue weighted by atomic mass is 10.1. The van der Waals surface area contributed by atoms with E-state index >= 15 is 0 Å². The van der Waals surface area contributed by atoms with Crippen molar-refractivity contribution in [2.75, 3.05) is 6.54 Å². The molecule has 0 atom stereocenters. The largest absolute Gasteiger partial charge is 0.345 e. The molecule has 2 rings (SSSR count). The number of H-pyrrole nitrogens is 1. The molecular formula is C19H29N5O. The Morgan fingerprint density at radius 3 is 2.80 bits per heavy atom. The molecule has 0 aromatic carbocycles. The third-order valence-electron chi connectivity index (χ3n) is 3.96. The number of amides is 1. The van der Waals surface area contributed by atoms with Crippen molar-refractivity contribution in [3.8, 4) is 0 Å². The molecule has 0 fully saturated rings. The first-order valence-corrected chi connectivity index (χ1v) is 9.08. The van der Waals surface area contributed by atoms with Crippen molar-refractivity contribution in [2.45, 2.75) is 52.6 Å². The normalized spacial score (nSPS) is 11.0. The zero-order chi connectivity index (χ0) is 17.9. The van der Waals surface area contributed by atoms with Gasteiger partial charge in [-0.2, -0.15) is 0 Å². The molecule has 6 nitrogen and oxygen atoms in total. The third-order valence-corrected chi connectivity index (χ3v) is 3.96. The van der Waals surface area contributed by atoms with E-state index in [0.29, 0.717) is 18.8 Å². The summed E-state index contributed by atoms with van der Waals surface area (Å²) < 4.78 is 0. The molecule has 1 amide bonds. The molecule has 2 aromatic rings. The lowest BCUT2D eigenvalue weighted by molar-refractivity contribution is 0.0946. The van der Waals surface area contributed by atoms with Gasteiger partial charge >= 0.3 is 0 Å². The van der Waals surface area contributed by atoms with E-state index in [1.807, 2.05) is 18.2 Å². The molecule has 0 saturated heterocycles. The average molecular weight is 343 g/mol. The SMILES string of the molecule is CC(C)CCCCCNCc1ncc(C(=O)NCc2ccccn2)[nH]1. The second kappa shape index (κ2) is 10.6. The zero-order valence-corrected chi connectivity index (χ0v) is 15.2. The van der Waals surface area contributed by atoms with Crippen LogP contribution in [0.25, 0.3) is 0 Å². The first kappa shape index (κ1) is 19.1. The van der Waals surface area contributed by atoms with Gasteiger partial charge in [-0.25, -0.2) is 4.98 Å². The number of hydrogen-bond donors (Lipinski definition) is 3. The Labute approximate surface area is 149 Å². The highest BCUT2D eigenvalue weighted by Gasteiger charge is 2.09. The number of carbonyl (C=O) groups excluding carboxylic acids is 1. The number of imidazole rings is 1. The van der Waals surface area contributed by atoms with Crippen LogP contribution in [0, 0.1) is 5.92 Å². The minimum atomic E-state index is -0.168. The maximum absolute atomic E-state index is 12.1. The second-order valence-electron chi connectivity index (χ2n) is 6.67. The van der Waals surface area contributed by atoms with Gasteiger partial charge < -0.3 is 15.6 Å². The maximum atomic E-state index is 12.1. The molecule has 2 heterocycles. The number of nitrogens with one attached hydrogen (secondary N) is 3. The second-order valence-corrected chi connectivity index (χ2v) is 6.67. The van der Waals surface area contributed by atoms with Crippen LogP contribution in [0.5, 0.6) is 0 Å². The number of pyridine rings is 1. The Morgan fingerprint density at radius 2 is 2.04 bits per heavy atom. The maximum Gasteiger partial charge on any atom is 0.269 e. The molecule has 2 aromatic heterocycles. The number of unbranched alkanes of at least 4 members (excludes halogenated alkanes) is 2. The van der Waals surface area contributed by atoms with Crippen LogP contribution < -0.4 is 10.6 Å². The fraction of sp³-hybridized carbons (Fsp3) is 0.526. The van der Waals surface area contributed by atoms with Gasteiger partial charge in [0.25, 0.3) is 5.91 Å². The Balaban J connectivity index is 1.63. The number of carbonyl (C=O) groups is 1. The number of aromatic amines is 1. The summed E-state index contributed by atoms with van der Waals surface area (Å²) >= 11 is 0. The fourth-order valence-electron chi connectivity index (χ4n) is 2.52. The Kier molecular flexibility index (Phi) is 8.12. The van der Waals surface area contributed by atoms with Crippen molar-refractivity contribution >= 4 is 5.91 Å². The fourth-order valence-corrected chi connectivity index (χ4v) is 2.52. The molecule has 0 aliphatic carbocycles. The lowest BCUT2D eigenvalue weighted by Crippen LogP contribution is -2.23. The predicted molar refractivity (Wildman–Crippen MR) is 99.0 cm³/mol. The van der Waals surface area contributed by atoms with E-state index in [2.05, 4.69) is 39.4 Å². The Hall–Kier alpha value is -2.21. The van der Waals surface area contributed by atoms with E-state index in [1.165, 1.54) is 25.7 Å². The highest BCUT2D eigenvalue weighted by Crippen LogP contribution is 2.07. The van der Waals surface area contributed by atoms with Gasteiger partial charge in [0.2, 0.25) is 0 Å². The van der Waals surface area contributed by atoms with Crippen molar-refractivity contribution in [1.82, 2.24) is 25.6 Å². The van der Waals surface area contributed by atoms with Crippen LogP contribution in [0.2, 0.25) is 0 Å². The van der Waals surface area contributed by atoms with Gasteiger partial charge in [-0.05, 0) is 31.0 Å². The number of aromatic nitrogens is 3.